The Morgan fingerprint density at radius 1 is 1.18 bits per heavy atom. The average molecular weight is 548 g/mol. The van der Waals surface area contributed by atoms with Crippen LogP contribution in [-0.4, -0.2) is 54.5 Å². The van der Waals surface area contributed by atoms with Gasteiger partial charge < -0.3 is 16.0 Å². The predicted octanol–water partition coefficient (Wildman–Crippen LogP) is 2.45. The molecule has 2 aliphatic heterocycles. The third kappa shape index (κ3) is 5.37. The molecule has 39 heavy (non-hydrogen) atoms. The predicted molar refractivity (Wildman–Crippen MR) is 134 cm³/mol. The van der Waals surface area contributed by atoms with Crippen molar-refractivity contribution in [3.8, 4) is 6.07 Å². The highest BCUT2D eigenvalue weighted by Crippen LogP contribution is 2.47. The number of para-hydroxylation sites is 1. The van der Waals surface area contributed by atoms with Crippen molar-refractivity contribution >= 4 is 29.3 Å². The fourth-order valence-electron chi connectivity index (χ4n) is 5.56. The standard InChI is InChI=1S/C27H32F3N5O4/c1-25(2,3)20(34-23(38)27(28,29)30)21(36)33-18(11-15-7-6-8-15)22(37)35-19-10-5-4-9-17(19)26(24(35)39)12-16(13-31)32-14-26/h4-5,9-10,15-16,18,20,32H,6-8,11-12,14H2,1-3H3,(H,33,36)(H,34,38)/t16-,18-,20+,26-/m0/s1. The highest BCUT2D eigenvalue weighted by atomic mass is 19.4. The van der Waals surface area contributed by atoms with Crippen molar-refractivity contribution in [2.45, 2.75) is 82.6 Å². The molecule has 1 aliphatic carbocycles. The van der Waals surface area contributed by atoms with Crippen LogP contribution in [0.1, 0.15) is 58.4 Å². The van der Waals surface area contributed by atoms with E-state index < -0.39 is 58.8 Å². The van der Waals surface area contributed by atoms with Crippen LogP contribution in [-0.2, 0) is 24.6 Å². The number of halogens is 3. The van der Waals surface area contributed by atoms with E-state index in [1.165, 1.54) is 20.8 Å². The zero-order valence-electron chi connectivity index (χ0n) is 22.0. The van der Waals surface area contributed by atoms with Gasteiger partial charge in [0.2, 0.25) is 11.8 Å². The first-order valence-electron chi connectivity index (χ1n) is 13.0. The lowest BCUT2D eigenvalue weighted by Crippen LogP contribution is -2.60. The van der Waals surface area contributed by atoms with Gasteiger partial charge in [0.15, 0.2) is 0 Å². The van der Waals surface area contributed by atoms with E-state index in [-0.39, 0.29) is 25.3 Å². The molecule has 1 aromatic rings. The Bertz CT molecular complexity index is 1220. The lowest BCUT2D eigenvalue weighted by atomic mass is 9.79. The monoisotopic (exact) mass is 547 g/mol. The van der Waals surface area contributed by atoms with Crippen molar-refractivity contribution in [2.75, 3.05) is 11.4 Å². The van der Waals surface area contributed by atoms with Gasteiger partial charge in [0.1, 0.15) is 12.1 Å². The molecule has 1 saturated heterocycles. The smallest absolute Gasteiger partial charge is 0.342 e. The molecule has 0 radical (unpaired) electrons. The Balaban J connectivity index is 1.64. The van der Waals surface area contributed by atoms with E-state index in [2.05, 4.69) is 16.7 Å². The molecule has 1 spiro atoms. The fraction of sp³-hybridized carbons (Fsp3) is 0.593. The second-order valence-electron chi connectivity index (χ2n) is 11.7. The van der Waals surface area contributed by atoms with Crippen LogP contribution < -0.4 is 20.9 Å². The van der Waals surface area contributed by atoms with E-state index in [4.69, 9.17) is 0 Å². The summed E-state index contributed by atoms with van der Waals surface area (Å²) < 4.78 is 39.0. The highest BCUT2D eigenvalue weighted by Gasteiger charge is 2.57. The molecule has 4 atom stereocenters. The summed E-state index contributed by atoms with van der Waals surface area (Å²) >= 11 is 0. The van der Waals surface area contributed by atoms with Gasteiger partial charge in [-0.1, -0.05) is 58.2 Å². The number of hydrogen-bond acceptors (Lipinski definition) is 6. The van der Waals surface area contributed by atoms with Crippen LogP contribution in [0, 0.1) is 22.7 Å². The Morgan fingerprint density at radius 3 is 2.38 bits per heavy atom. The summed E-state index contributed by atoms with van der Waals surface area (Å²) in [5, 5.41) is 16.8. The van der Waals surface area contributed by atoms with Crippen molar-refractivity contribution < 1.29 is 32.3 Å². The number of carbonyl (C=O) groups is 4. The quantitative estimate of drug-likeness (QED) is 0.502. The number of benzene rings is 1. The van der Waals surface area contributed by atoms with Crippen molar-refractivity contribution in [3.63, 3.8) is 0 Å². The molecule has 0 aromatic heterocycles. The molecule has 3 aliphatic rings. The number of nitriles is 1. The summed E-state index contributed by atoms with van der Waals surface area (Å²) in [5.74, 6) is -4.32. The van der Waals surface area contributed by atoms with Gasteiger partial charge in [-0.3, -0.25) is 19.2 Å². The fourth-order valence-corrected chi connectivity index (χ4v) is 5.56. The van der Waals surface area contributed by atoms with Gasteiger partial charge in [-0.2, -0.15) is 18.4 Å². The number of hydrogen-bond donors (Lipinski definition) is 3. The van der Waals surface area contributed by atoms with E-state index in [1.54, 1.807) is 29.6 Å². The van der Waals surface area contributed by atoms with Crippen molar-refractivity contribution in [2.24, 2.45) is 11.3 Å². The highest BCUT2D eigenvalue weighted by molar-refractivity contribution is 6.24. The second-order valence-corrected chi connectivity index (χ2v) is 11.7. The summed E-state index contributed by atoms with van der Waals surface area (Å²) in [6.45, 7) is 4.66. The van der Waals surface area contributed by atoms with Crippen LogP contribution in [0.4, 0.5) is 18.9 Å². The maximum absolute atomic E-state index is 14.0. The minimum absolute atomic E-state index is 0.0927. The molecular weight excluding hydrogens is 515 g/mol. The number of fused-ring (bicyclic) bond motifs is 2. The molecule has 1 saturated carbocycles. The average Bonchev–Trinajstić information content (AvgIpc) is 3.37. The van der Waals surface area contributed by atoms with Gasteiger partial charge in [-0.15, -0.1) is 0 Å². The second kappa shape index (κ2) is 10.3. The van der Waals surface area contributed by atoms with E-state index in [0.717, 1.165) is 24.2 Å². The first-order chi connectivity index (χ1) is 18.2. The first-order valence-corrected chi connectivity index (χ1v) is 13.0. The molecule has 4 amide bonds. The van der Waals surface area contributed by atoms with Crippen LogP contribution in [0.3, 0.4) is 0 Å². The summed E-state index contributed by atoms with van der Waals surface area (Å²) in [4.78, 5) is 53.9. The number of nitrogens with one attached hydrogen (secondary N) is 3. The minimum Gasteiger partial charge on any atom is -0.342 e. The number of amides is 4. The van der Waals surface area contributed by atoms with Crippen LogP contribution in [0.2, 0.25) is 0 Å². The molecule has 12 heteroatoms. The Morgan fingerprint density at radius 2 is 1.85 bits per heavy atom. The summed E-state index contributed by atoms with van der Waals surface area (Å²) in [7, 11) is 0. The van der Waals surface area contributed by atoms with Crippen LogP contribution >= 0.6 is 0 Å². The number of nitrogens with zero attached hydrogens (tertiary/aromatic N) is 2. The SMILES string of the molecule is CC(C)(C)[C@H](NC(=O)C(F)(F)F)C(=O)N[C@@H](CC1CCC1)C(=O)N1C(=O)[C@@]2(CN[C@H](C#N)C2)c2ccccc21. The topological polar surface area (TPSA) is 131 Å². The van der Waals surface area contributed by atoms with Crippen LogP contribution in [0.25, 0.3) is 0 Å². The number of anilines is 1. The molecule has 2 heterocycles. The number of imide groups is 1. The van der Waals surface area contributed by atoms with Gasteiger partial charge in [-0.05, 0) is 35.8 Å². The zero-order chi connectivity index (χ0) is 28.8. The summed E-state index contributed by atoms with van der Waals surface area (Å²) in [6.07, 6.45) is -2.24. The molecule has 210 valence electrons. The first kappa shape index (κ1) is 28.5. The molecule has 0 bridgehead atoms. The molecule has 4 rings (SSSR count). The van der Waals surface area contributed by atoms with E-state index >= 15 is 0 Å². The Kier molecular flexibility index (Phi) is 7.51. The molecule has 3 N–H and O–H groups in total. The van der Waals surface area contributed by atoms with Crippen LogP contribution in [0.15, 0.2) is 24.3 Å². The summed E-state index contributed by atoms with van der Waals surface area (Å²) in [6, 6.07) is 5.53. The third-order valence-corrected chi connectivity index (χ3v) is 7.92. The van der Waals surface area contributed by atoms with Crippen molar-refractivity contribution in [3.05, 3.63) is 29.8 Å². The normalized spacial score (nSPS) is 24.5. The molecular formula is C27H32F3N5O4. The van der Waals surface area contributed by atoms with Gasteiger partial charge in [0.05, 0.1) is 23.2 Å². The van der Waals surface area contributed by atoms with Gasteiger partial charge in [0.25, 0.3) is 5.91 Å². The molecule has 0 unspecified atom stereocenters. The van der Waals surface area contributed by atoms with Crippen molar-refractivity contribution in [1.29, 1.82) is 5.26 Å². The lowest BCUT2D eigenvalue weighted by Gasteiger charge is -2.35. The molecule has 9 nitrogen and oxygen atoms in total. The maximum Gasteiger partial charge on any atom is 0.471 e. The Labute approximate surface area is 224 Å². The van der Waals surface area contributed by atoms with Gasteiger partial charge in [-0.25, -0.2) is 4.90 Å². The Hall–Kier alpha value is -3.46. The summed E-state index contributed by atoms with van der Waals surface area (Å²) in [5.41, 5.74) is -1.27. The van der Waals surface area contributed by atoms with E-state index in [1.807, 2.05) is 0 Å². The number of rotatable bonds is 6. The minimum atomic E-state index is -5.19. The van der Waals surface area contributed by atoms with Crippen molar-refractivity contribution in [1.82, 2.24) is 16.0 Å². The third-order valence-electron chi connectivity index (χ3n) is 7.92. The van der Waals surface area contributed by atoms with Gasteiger partial charge >= 0.3 is 12.1 Å². The molecule has 2 fully saturated rings. The number of alkyl halides is 3. The van der Waals surface area contributed by atoms with Gasteiger partial charge in [0, 0.05) is 6.54 Å². The van der Waals surface area contributed by atoms with Crippen LogP contribution in [0.5, 0.6) is 0 Å². The largest absolute Gasteiger partial charge is 0.471 e. The maximum atomic E-state index is 14.0. The molecule has 1 aromatic carbocycles. The van der Waals surface area contributed by atoms with E-state index in [9.17, 15) is 37.6 Å². The number of carbonyl (C=O) groups excluding carboxylic acids is 4. The lowest BCUT2D eigenvalue weighted by molar-refractivity contribution is -0.175. The van der Waals surface area contributed by atoms with E-state index in [0.29, 0.717) is 11.3 Å². The zero-order valence-corrected chi connectivity index (χ0v) is 22.0.